The topological polar surface area (TPSA) is 111 Å². The van der Waals surface area contributed by atoms with Crippen molar-refractivity contribution in [3.05, 3.63) is 35.9 Å². The maximum Gasteiger partial charge on any atom is 0.413 e. The molecule has 2 N–H and O–H groups in total. The standard InChI is InChI=1S/C15H18N2O6/c1-3-22-15(21)17-12(18)9-23-14(20)10(2)16-13(19)11-7-5-4-6-8-11/h4-8,10H,3,9H2,1-2H3,(H,16,19)(H,17,18,21)/t10-/m0/s1. The van der Waals surface area contributed by atoms with Crippen molar-refractivity contribution in [2.45, 2.75) is 19.9 Å². The van der Waals surface area contributed by atoms with Crippen LogP contribution in [0.5, 0.6) is 0 Å². The van der Waals surface area contributed by atoms with Crippen molar-refractivity contribution < 1.29 is 28.7 Å². The minimum Gasteiger partial charge on any atom is -0.454 e. The predicted octanol–water partition coefficient (Wildman–Crippen LogP) is 0.621. The number of ether oxygens (including phenoxy) is 2. The highest BCUT2D eigenvalue weighted by atomic mass is 16.6. The molecular formula is C15H18N2O6. The van der Waals surface area contributed by atoms with E-state index < -0.39 is 36.5 Å². The van der Waals surface area contributed by atoms with E-state index in [1.54, 1.807) is 37.3 Å². The lowest BCUT2D eigenvalue weighted by atomic mass is 10.2. The zero-order valence-electron chi connectivity index (χ0n) is 12.8. The number of nitrogens with one attached hydrogen (secondary N) is 2. The van der Waals surface area contributed by atoms with Crippen LogP contribution in [-0.2, 0) is 19.1 Å². The van der Waals surface area contributed by atoms with E-state index in [0.717, 1.165) is 0 Å². The highest BCUT2D eigenvalue weighted by molar-refractivity contribution is 5.97. The molecule has 0 aromatic heterocycles. The van der Waals surface area contributed by atoms with Crippen LogP contribution in [0.3, 0.4) is 0 Å². The highest BCUT2D eigenvalue weighted by Crippen LogP contribution is 1.99. The van der Waals surface area contributed by atoms with Crippen molar-refractivity contribution in [2.24, 2.45) is 0 Å². The van der Waals surface area contributed by atoms with Crippen molar-refractivity contribution in [1.82, 2.24) is 10.6 Å². The Hall–Kier alpha value is -2.90. The molecule has 0 aliphatic heterocycles. The lowest BCUT2D eigenvalue weighted by molar-refractivity contribution is -0.149. The molecular weight excluding hydrogens is 304 g/mol. The average molecular weight is 322 g/mol. The molecule has 0 spiro atoms. The Morgan fingerprint density at radius 1 is 1.09 bits per heavy atom. The Bertz CT molecular complexity index is 573. The van der Waals surface area contributed by atoms with Gasteiger partial charge >= 0.3 is 12.1 Å². The van der Waals surface area contributed by atoms with Crippen LogP contribution in [0.15, 0.2) is 30.3 Å². The minimum absolute atomic E-state index is 0.113. The first-order chi connectivity index (χ1) is 10.9. The van der Waals surface area contributed by atoms with E-state index in [1.165, 1.54) is 6.92 Å². The number of hydrogen-bond donors (Lipinski definition) is 2. The largest absolute Gasteiger partial charge is 0.454 e. The summed E-state index contributed by atoms with van der Waals surface area (Å²) in [6, 6.07) is 7.39. The number of hydrogen-bond acceptors (Lipinski definition) is 6. The molecule has 0 heterocycles. The molecule has 1 rings (SSSR count). The van der Waals surface area contributed by atoms with E-state index in [9.17, 15) is 19.2 Å². The Kier molecular flexibility index (Phi) is 7.25. The zero-order chi connectivity index (χ0) is 17.2. The Morgan fingerprint density at radius 2 is 1.74 bits per heavy atom. The molecule has 0 bridgehead atoms. The molecule has 0 saturated heterocycles. The van der Waals surface area contributed by atoms with E-state index in [-0.39, 0.29) is 6.61 Å². The first-order valence-corrected chi connectivity index (χ1v) is 6.93. The fourth-order valence-electron chi connectivity index (χ4n) is 1.51. The van der Waals surface area contributed by atoms with Crippen LogP contribution in [0.2, 0.25) is 0 Å². The smallest absolute Gasteiger partial charge is 0.413 e. The van der Waals surface area contributed by atoms with Crippen LogP contribution in [0.4, 0.5) is 4.79 Å². The Labute approximate surface area is 133 Å². The number of alkyl carbamates (subject to hydrolysis) is 1. The van der Waals surface area contributed by atoms with Crippen LogP contribution in [0.25, 0.3) is 0 Å². The molecule has 0 saturated carbocycles. The lowest BCUT2D eigenvalue weighted by Gasteiger charge is -2.13. The monoisotopic (exact) mass is 322 g/mol. The first kappa shape index (κ1) is 18.1. The van der Waals surface area contributed by atoms with E-state index in [2.05, 4.69) is 10.1 Å². The van der Waals surface area contributed by atoms with Crippen LogP contribution in [0.1, 0.15) is 24.2 Å². The first-order valence-electron chi connectivity index (χ1n) is 6.93. The molecule has 0 aliphatic rings. The number of benzene rings is 1. The molecule has 8 heteroatoms. The number of carbonyl (C=O) groups is 4. The van der Waals surface area contributed by atoms with Gasteiger partial charge in [-0.15, -0.1) is 0 Å². The molecule has 8 nitrogen and oxygen atoms in total. The summed E-state index contributed by atoms with van der Waals surface area (Å²) in [5.74, 6) is -2.06. The summed E-state index contributed by atoms with van der Waals surface area (Å²) < 4.78 is 9.21. The molecule has 1 aromatic rings. The molecule has 0 unspecified atom stereocenters. The van der Waals surface area contributed by atoms with E-state index in [1.807, 2.05) is 5.32 Å². The summed E-state index contributed by atoms with van der Waals surface area (Å²) in [6.45, 7) is 2.47. The summed E-state index contributed by atoms with van der Waals surface area (Å²) in [6.07, 6.45) is -0.918. The lowest BCUT2D eigenvalue weighted by Crippen LogP contribution is -2.41. The van der Waals surface area contributed by atoms with Crippen LogP contribution in [-0.4, -0.2) is 43.1 Å². The molecule has 3 amide bonds. The van der Waals surface area contributed by atoms with Crippen LogP contribution in [0, 0.1) is 0 Å². The summed E-state index contributed by atoms with van der Waals surface area (Å²) in [7, 11) is 0. The van der Waals surface area contributed by atoms with Gasteiger partial charge in [-0.25, -0.2) is 9.59 Å². The molecule has 23 heavy (non-hydrogen) atoms. The molecule has 0 fully saturated rings. The third-order valence-electron chi connectivity index (χ3n) is 2.60. The van der Waals surface area contributed by atoms with Gasteiger partial charge in [0.1, 0.15) is 6.04 Å². The molecule has 1 atom stereocenters. The number of esters is 1. The Morgan fingerprint density at radius 3 is 2.35 bits per heavy atom. The van der Waals surface area contributed by atoms with Gasteiger partial charge in [-0.2, -0.15) is 0 Å². The second-order valence-electron chi connectivity index (χ2n) is 4.44. The predicted molar refractivity (Wildman–Crippen MR) is 79.5 cm³/mol. The van der Waals surface area contributed by atoms with Crippen molar-refractivity contribution in [1.29, 1.82) is 0 Å². The maximum atomic E-state index is 11.9. The van der Waals surface area contributed by atoms with Gasteiger partial charge in [-0.05, 0) is 26.0 Å². The fraction of sp³-hybridized carbons (Fsp3) is 0.333. The van der Waals surface area contributed by atoms with E-state index in [4.69, 9.17) is 4.74 Å². The second-order valence-corrected chi connectivity index (χ2v) is 4.44. The van der Waals surface area contributed by atoms with Crippen molar-refractivity contribution in [3.8, 4) is 0 Å². The quantitative estimate of drug-likeness (QED) is 0.743. The molecule has 1 aromatic carbocycles. The minimum atomic E-state index is -0.946. The van der Waals surface area contributed by atoms with E-state index in [0.29, 0.717) is 5.56 Å². The summed E-state index contributed by atoms with van der Waals surface area (Å²) >= 11 is 0. The third-order valence-corrected chi connectivity index (χ3v) is 2.60. The fourth-order valence-corrected chi connectivity index (χ4v) is 1.51. The van der Waals surface area contributed by atoms with Gasteiger partial charge in [0.15, 0.2) is 6.61 Å². The third kappa shape index (κ3) is 6.60. The average Bonchev–Trinajstić information content (AvgIpc) is 2.53. The second kappa shape index (κ2) is 9.19. The number of amides is 3. The van der Waals surface area contributed by atoms with Crippen LogP contribution < -0.4 is 10.6 Å². The van der Waals surface area contributed by atoms with Gasteiger partial charge in [0.2, 0.25) is 0 Å². The summed E-state index contributed by atoms with van der Waals surface area (Å²) in [4.78, 5) is 45.9. The zero-order valence-corrected chi connectivity index (χ0v) is 12.8. The van der Waals surface area contributed by atoms with Crippen molar-refractivity contribution >= 4 is 23.9 Å². The Balaban J connectivity index is 2.38. The summed E-state index contributed by atoms with van der Waals surface area (Å²) in [5, 5.41) is 4.32. The van der Waals surface area contributed by atoms with E-state index >= 15 is 0 Å². The van der Waals surface area contributed by atoms with Gasteiger partial charge in [-0.3, -0.25) is 14.9 Å². The van der Waals surface area contributed by atoms with Crippen molar-refractivity contribution in [3.63, 3.8) is 0 Å². The van der Waals surface area contributed by atoms with Gasteiger partial charge in [0.25, 0.3) is 11.8 Å². The van der Waals surface area contributed by atoms with Gasteiger partial charge < -0.3 is 14.8 Å². The molecule has 0 radical (unpaired) electrons. The SMILES string of the molecule is CCOC(=O)NC(=O)COC(=O)[C@H](C)NC(=O)c1ccccc1. The van der Waals surface area contributed by atoms with Gasteiger partial charge in [0, 0.05) is 5.56 Å². The van der Waals surface area contributed by atoms with Crippen molar-refractivity contribution in [2.75, 3.05) is 13.2 Å². The molecule has 124 valence electrons. The number of rotatable bonds is 6. The maximum absolute atomic E-state index is 11.9. The molecule has 0 aliphatic carbocycles. The normalized spacial score (nSPS) is 11.0. The van der Waals surface area contributed by atoms with Gasteiger partial charge in [-0.1, -0.05) is 18.2 Å². The van der Waals surface area contributed by atoms with Crippen LogP contribution >= 0.6 is 0 Å². The number of carbonyl (C=O) groups excluding carboxylic acids is 4. The highest BCUT2D eigenvalue weighted by Gasteiger charge is 2.19. The summed E-state index contributed by atoms with van der Waals surface area (Å²) in [5.41, 5.74) is 0.396. The van der Waals surface area contributed by atoms with Gasteiger partial charge in [0.05, 0.1) is 6.61 Å². The number of imide groups is 1.